The number of carbonyl (C=O) groups is 1. The van der Waals surface area contributed by atoms with Crippen molar-refractivity contribution in [3.05, 3.63) is 16.9 Å². The van der Waals surface area contributed by atoms with Gasteiger partial charge < -0.3 is 0 Å². The fourth-order valence-electron chi connectivity index (χ4n) is 1.65. The molecule has 0 aliphatic heterocycles. The van der Waals surface area contributed by atoms with Crippen molar-refractivity contribution in [2.75, 3.05) is 0 Å². The van der Waals surface area contributed by atoms with Crippen LogP contribution in [0.1, 0.15) is 52.8 Å². The molecule has 0 bridgehead atoms. The highest BCUT2D eigenvalue weighted by Crippen LogP contribution is 2.23. The third-order valence-electron chi connectivity index (χ3n) is 2.76. The van der Waals surface area contributed by atoms with Crippen LogP contribution in [0.25, 0.3) is 0 Å². The van der Waals surface area contributed by atoms with E-state index in [9.17, 15) is 4.79 Å². The lowest BCUT2D eigenvalue weighted by Crippen LogP contribution is -2.21. The summed E-state index contributed by atoms with van der Waals surface area (Å²) in [5.41, 5.74) is 0.675. The zero-order valence-corrected chi connectivity index (χ0v) is 12.0. The topological polar surface area (TPSA) is 34.9 Å². The summed E-state index contributed by atoms with van der Waals surface area (Å²) in [6.45, 7) is 9.93. The van der Waals surface area contributed by atoms with Gasteiger partial charge in [-0.1, -0.05) is 32.4 Å². The van der Waals surface area contributed by atoms with Crippen molar-refractivity contribution < 1.29 is 4.79 Å². The van der Waals surface area contributed by atoms with Gasteiger partial charge in [0.2, 0.25) is 0 Å². The normalized spacial score (nSPS) is 12.2. The van der Waals surface area contributed by atoms with Gasteiger partial charge in [0.1, 0.15) is 5.78 Å². The van der Waals surface area contributed by atoms with Gasteiger partial charge in [0.05, 0.1) is 16.9 Å². The molecule has 0 fully saturated rings. The third-order valence-corrected chi connectivity index (χ3v) is 3.08. The van der Waals surface area contributed by atoms with Gasteiger partial charge in [0.15, 0.2) is 0 Å². The van der Waals surface area contributed by atoms with Crippen molar-refractivity contribution in [2.24, 2.45) is 5.41 Å². The molecule has 1 rings (SSSR count). The zero-order chi connectivity index (χ0) is 13.2. The summed E-state index contributed by atoms with van der Waals surface area (Å²) in [5.74, 6) is 0.255. The van der Waals surface area contributed by atoms with E-state index in [1.807, 2.05) is 25.5 Å². The smallest absolute Gasteiger partial charge is 0.138 e. The van der Waals surface area contributed by atoms with Crippen LogP contribution in [0.2, 0.25) is 5.02 Å². The number of hydrogen-bond acceptors (Lipinski definition) is 2. The average molecular weight is 257 g/mol. The largest absolute Gasteiger partial charge is 0.299 e. The molecular formula is C13H21ClN2O. The number of halogens is 1. The molecule has 4 heteroatoms. The second-order valence-electron chi connectivity index (χ2n) is 5.65. The second kappa shape index (κ2) is 5.21. The molecule has 1 heterocycles. The lowest BCUT2D eigenvalue weighted by molar-refractivity contribution is -0.126. The van der Waals surface area contributed by atoms with Gasteiger partial charge >= 0.3 is 0 Å². The van der Waals surface area contributed by atoms with Gasteiger partial charge in [-0.05, 0) is 20.3 Å². The first-order valence-electron chi connectivity index (χ1n) is 5.98. The number of hydrogen-bond donors (Lipinski definition) is 0. The summed E-state index contributed by atoms with van der Waals surface area (Å²) in [7, 11) is 0. The molecule has 17 heavy (non-hydrogen) atoms. The molecule has 0 atom stereocenters. The van der Waals surface area contributed by atoms with Crippen LogP contribution in [0.15, 0.2) is 6.20 Å². The van der Waals surface area contributed by atoms with E-state index in [4.69, 9.17) is 11.6 Å². The van der Waals surface area contributed by atoms with E-state index in [0.29, 0.717) is 17.9 Å². The van der Waals surface area contributed by atoms with Gasteiger partial charge in [-0.25, -0.2) is 0 Å². The van der Waals surface area contributed by atoms with Crippen LogP contribution in [-0.2, 0) is 11.2 Å². The van der Waals surface area contributed by atoms with E-state index in [0.717, 1.165) is 5.69 Å². The Morgan fingerprint density at radius 3 is 2.53 bits per heavy atom. The van der Waals surface area contributed by atoms with Gasteiger partial charge in [-0.15, -0.1) is 0 Å². The van der Waals surface area contributed by atoms with Gasteiger partial charge in [-0.2, -0.15) is 5.10 Å². The second-order valence-corrected chi connectivity index (χ2v) is 6.06. The average Bonchev–Trinajstić information content (AvgIpc) is 2.54. The van der Waals surface area contributed by atoms with E-state index in [1.54, 1.807) is 6.20 Å². The zero-order valence-electron chi connectivity index (χ0n) is 11.2. The van der Waals surface area contributed by atoms with E-state index in [2.05, 4.69) is 18.9 Å². The molecule has 0 amide bonds. The van der Waals surface area contributed by atoms with Crippen molar-refractivity contribution in [1.82, 2.24) is 9.78 Å². The van der Waals surface area contributed by atoms with Crippen molar-refractivity contribution in [2.45, 2.75) is 53.5 Å². The lowest BCUT2D eigenvalue weighted by Gasteiger charge is -2.17. The molecule has 0 aliphatic carbocycles. The number of rotatable bonds is 4. The SMILES string of the molecule is CC(C)n1ncc(Cl)c1CCC(=O)C(C)(C)C. The standard InChI is InChI=1S/C13H21ClN2O/c1-9(2)16-11(10(14)8-15-16)6-7-12(17)13(3,4)5/h8-9H,6-7H2,1-5H3. The maximum absolute atomic E-state index is 11.9. The first kappa shape index (κ1) is 14.2. The maximum atomic E-state index is 11.9. The number of nitrogens with zero attached hydrogens (tertiary/aromatic N) is 2. The summed E-state index contributed by atoms with van der Waals surface area (Å²) in [5, 5.41) is 4.88. The van der Waals surface area contributed by atoms with Crippen molar-refractivity contribution >= 4 is 17.4 Å². The van der Waals surface area contributed by atoms with E-state index >= 15 is 0 Å². The Hall–Kier alpha value is -0.830. The molecule has 3 nitrogen and oxygen atoms in total. The summed E-state index contributed by atoms with van der Waals surface area (Å²) in [6.07, 6.45) is 2.83. The van der Waals surface area contributed by atoms with Crippen LogP contribution < -0.4 is 0 Å². The lowest BCUT2D eigenvalue weighted by atomic mass is 9.88. The minimum Gasteiger partial charge on any atom is -0.299 e. The van der Waals surface area contributed by atoms with Crippen LogP contribution >= 0.6 is 11.6 Å². The minimum atomic E-state index is -0.283. The molecule has 0 aromatic carbocycles. The molecule has 1 aromatic heterocycles. The van der Waals surface area contributed by atoms with Crippen molar-refractivity contribution in [3.63, 3.8) is 0 Å². The number of ketones is 1. The number of Topliss-reactive ketones (excluding diaryl/α,β-unsaturated/α-hetero) is 1. The number of aromatic nitrogens is 2. The Kier molecular flexibility index (Phi) is 4.36. The highest BCUT2D eigenvalue weighted by molar-refractivity contribution is 6.31. The van der Waals surface area contributed by atoms with Crippen LogP contribution in [0.4, 0.5) is 0 Å². The molecular weight excluding hydrogens is 236 g/mol. The molecule has 0 saturated carbocycles. The molecule has 0 radical (unpaired) electrons. The van der Waals surface area contributed by atoms with E-state index in [1.165, 1.54) is 0 Å². The highest BCUT2D eigenvalue weighted by Gasteiger charge is 2.22. The molecule has 0 unspecified atom stereocenters. The summed E-state index contributed by atoms with van der Waals surface area (Å²) in [4.78, 5) is 11.9. The van der Waals surface area contributed by atoms with Gasteiger partial charge in [-0.3, -0.25) is 9.48 Å². The predicted molar refractivity (Wildman–Crippen MR) is 70.4 cm³/mol. The molecule has 0 aliphatic rings. The Bertz CT molecular complexity index is 402. The molecule has 96 valence electrons. The Balaban J connectivity index is 2.76. The highest BCUT2D eigenvalue weighted by atomic mass is 35.5. The first-order chi connectivity index (χ1) is 7.73. The van der Waals surface area contributed by atoms with E-state index < -0.39 is 0 Å². The van der Waals surface area contributed by atoms with Gasteiger partial charge in [0, 0.05) is 17.9 Å². The maximum Gasteiger partial charge on any atom is 0.138 e. The molecule has 0 N–H and O–H groups in total. The van der Waals surface area contributed by atoms with E-state index in [-0.39, 0.29) is 17.2 Å². The Labute approximate surface area is 108 Å². The molecule has 0 spiro atoms. The monoisotopic (exact) mass is 256 g/mol. The summed E-state index contributed by atoms with van der Waals surface area (Å²) in [6, 6.07) is 0.266. The minimum absolute atomic E-state index is 0.255. The quantitative estimate of drug-likeness (QED) is 0.824. The van der Waals surface area contributed by atoms with Crippen LogP contribution in [-0.4, -0.2) is 15.6 Å². The summed E-state index contributed by atoms with van der Waals surface area (Å²) < 4.78 is 1.89. The van der Waals surface area contributed by atoms with Crippen molar-refractivity contribution in [3.8, 4) is 0 Å². The summed E-state index contributed by atoms with van der Waals surface area (Å²) >= 11 is 6.09. The van der Waals surface area contributed by atoms with Crippen LogP contribution in [0, 0.1) is 5.41 Å². The molecule has 1 aromatic rings. The van der Waals surface area contributed by atoms with Gasteiger partial charge in [0.25, 0.3) is 0 Å². The van der Waals surface area contributed by atoms with Crippen molar-refractivity contribution in [1.29, 1.82) is 0 Å². The third kappa shape index (κ3) is 3.56. The Morgan fingerprint density at radius 2 is 2.06 bits per heavy atom. The van der Waals surface area contributed by atoms with Crippen LogP contribution in [0.3, 0.4) is 0 Å². The van der Waals surface area contributed by atoms with Crippen LogP contribution in [0.5, 0.6) is 0 Å². The fraction of sp³-hybridized carbons (Fsp3) is 0.692. The Morgan fingerprint density at radius 1 is 1.47 bits per heavy atom. The molecule has 0 saturated heterocycles. The first-order valence-corrected chi connectivity index (χ1v) is 6.36. The fourth-order valence-corrected chi connectivity index (χ4v) is 1.88. The number of carbonyl (C=O) groups excluding carboxylic acids is 1. The predicted octanol–water partition coefficient (Wildman–Crippen LogP) is 3.67.